The third kappa shape index (κ3) is 5.57. The molecule has 0 aliphatic rings. The van der Waals surface area contributed by atoms with Gasteiger partial charge in [-0.1, -0.05) is 156 Å². The zero-order valence-electron chi connectivity index (χ0n) is 76.0. The molecule has 0 fully saturated rings. The SMILES string of the molecule is [2H]c1c([2H])c([2H])c2c(sc3c2c([2H])c([2H])c2c4c([2H])c(C)c([2H])c([2H])c4n(-c4c(C#N)c(-n5c6c([2H])c([2H])c([2H])c([2H])c6c6c([2H])c([2H])c([2H])c([2H])c65)c(-n5c6c([2H])c([2H])c(C([2H])([2H])[2H])c([2H])c6c6c([2H])c([2H])c7c(sc8c([2H])c([2H])c([2H])c([2H])c87)c65)c(C#N)c4-n4c5c([2H])c([2H])c([2H])c([2H])c5c5c([2H])c([2H])c([2H])c([2H])c54)c32)c1[2H]. The van der Waals surface area contributed by atoms with Crippen molar-refractivity contribution in [1.82, 2.24) is 18.3 Å². The van der Waals surface area contributed by atoms with Crippen molar-refractivity contribution in [3.8, 4) is 34.9 Å². The molecule has 8 heteroatoms. The molecule has 6 aromatic heterocycles. The van der Waals surface area contributed by atoms with E-state index in [0.717, 1.165) is 4.57 Å². The fourth-order valence-corrected chi connectivity index (χ4v) is 13.1. The third-order valence-electron chi connectivity index (χ3n) is 13.9. The summed E-state index contributed by atoms with van der Waals surface area (Å²) in [5, 5.41) is 19.0. The van der Waals surface area contributed by atoms with Crippen LogP contribution in [0.3, 0.4) is 0 Å². The van der Waals surface area contributed by atoms with Crippen LogP contribution in [-0.4, -0.2) is 18.3 Å². The number of fused-ring (bicyclic) bond motifs is 20. The van der Waals surface area contributed by atoms with E-state index in [4.69, 9.17) is 9.60 Å². The lowest BCUT2D eigenvalue weighted by Gasteiger charge is -2.27. The largest absolute Gasteiger partial charge is 0.306 e. The maximum Gasteiger partial charge on any atom is 0.104 e. The highest BCUT2D eigenvalue weighted by Crippen LogP contribution is 2.52. The van der Waals surface area contributed by atoms with Gasteiger partial charge in [0.1, 0.15) is 23.3 Å². The standard InChI is InChI=1S/C70H40N6S2/c1-39-27-33-59-51(35-39)47-29-31-49-45-19-7-13-25-61(45)77-69(49)67(47)75(59)65-53(37-71)64(74-57-23-11-5-17-43(57)44-18-6-12-24-58(44)74)66(54(38-72)63(65)73-55-21-9-3-15-41(55)42-16-4-10-22-56(42)73)76-60-34-28-40(2)36-52(60)48-30-32-50-46-20-8-14-26-62(46)78-70(50)68(48)76/h3-36H,1-2H3/i1D3,3D,4D,5D,6D,7D,8D,9D,10D,11D,12D,13D,14D,15D,16D,17D,18D,19D,20D,21D,22D,23D,24D,25D,26D,27D,28D,29D,30D,31D,32D,33D,34D,35D,36D. The van der Waals surface area contributed by atoms with Crippen LogP contribution in [-0.2, 0) is 0 Å². The number of benzene rings is 11. The molecule has 0 saturated carbocycles. The van der Waals surface area contributed by atoms with Crippen molar-refractivity contribution < 1.29 is 50.7 Å². The van der Waals surface area contributed by atoms with Crippen LogP contribution in [0, 0.1) is 36.4 Å². The molecule has 17 aromatic rings. The van der Waals surface area contributed by atoms with Crippen LogP contribution in [0.5, 0.6) is 0 Å². The van der Waals surface area contributed by atoms with Crippen LogP contribution >= 0.6 is 22.7 Å². The first kappa shape index (κ1) is 20.9. The first-order valence-corrected chi connectivity index (χ1v) is 24.8. The van der Waals surface area contributed by atoms with Gasteiger partial charge in [-0.15, -0.1) is 22.7 Å². The van der Waals surface area contributed by atoms with Crippen molar-refractivity contribution in [3.63, 3.8) is 0 Å². The summed E-state index contributed by atoms with van der Waals surface area (Å²) in [4.78, 5) is 0. The summed E-state index contributed by atoms with van der Waals surface area (Å²) in [6.45, 7) is -2.35. The molecule has 0 bridgehead atoms. The molecule has 0 aliphatic heterocycles. The second kappa shape index (κ2) is 15.8. The van der Waals surface area contributed by atoms with Crippen molar-refractivity contribution in [3.05, 3.63) is 228 Å². The molecule has 17 rings (SSSR count). The van der Waals surface area contributed by atoms with Crippen LogP contribution in [0.15, 0.2) is 205 Å². The highest BCUT2D eigenvalue weighted by molar-refractivity contribution is 7.27. The minimum absolute atomic E-state index is 0.317. The molecular formula is C70H40N6S2. The van der Waals surface area contributed by atoms with Crippen LogP contribution < -0.4 is 0 Å². The Bertz CT molecular complexity index is 7520. The van der Waals surface area contributed by atoms with Crippen LogP contribution in [0.1, 0.15) is 73.0 Å². The Labute approximate surface area is 505 Å². The summed E-state index contributed by atoms with van der Waals surface area (Å²) in [7, 11) is 0. The summed E-state index contributed by atoms with van der Waals surface area (Å²) in [5.41, 5.74) is -15.8. The number of hydrogen-bond donors (Lipinski definition) is 0. The summed E-state index contributed by atoms with van der Waals surface area (Å²) in [5.74, 6) is 0. The first-order valence-electron chi connectivity index (χ1n) is 41.7. The number of nitriles is 2. The van der Waals surface area contributed by atoms with E-state index in [2.05, 4.69) is 12.1 Å². The van der Waals surface area contributed by atoms with Crippen molar-refractivity contribution in [1.29, 1.82) is 10.5 Å². The Morgan fingerprint density at radius 1 is 0.346 bits per heavy atom. The highest BCUT2D eigenvalue weighted by Gasteiger charge is 2.35. The van der Waals surface area contributed by atoms with Gasteiger partial charge in [0.05, 0.1) is 123 Å². The zero-order valence-corrected chi connectivity index (χ0v) is 40.6. The van der Waals surface area contributed by atoms with Gasteiger partial charge in [-0.3, -0.25) is 0 Å². The Balaban J connectivity index is 1.36. The predicted octanol–water partition coefficient (Wildman–Crippen LogP) is 19.2. The normalized spacial score (nSPS) is 19.0. The van der Waals surface area contributed by atoms with Gasteiger partial charge < -0.3 is 18.3 Å². The smallest absolute Gasteiger partial charge is 0.104 e. The lowest BCUT2D eigenvalue weighted by Crippen LogP contribution is -2.16. The molecule has 0 N–H and O–H groups in total. The first-order chi connectivity index (χ1) is 53.9. The van der Waals surface area contributed by atoms with Gasteiger partial charge in [0.15, 0.2) is 0 Å². The molecule has 6 nitrogen and oxygen atoms in total. The summed E-state index contributed by atoms with van der Waals surface area (Å²) in [6, 6.07) is -30.4. The van der Waals surface area contributed by atoms with Crippen molar-refractivity contribution in [2.75, 3.05) is 0 Å². The maximum atomic E-state index is 13.5. The molecule has 0 amide bonds. The average molecular weight is 1070 g/mol. The number of para-hydroxylation sites is 4. The quantitative estimate of drug-likeness (QED) is 0.176. The molecular weight excluding hydrogens is 989 g/mol. The van der Waals surface area contributed by atoms with Gasteiger partial charge in [-0.25, -0.2) is 0 Å². The van der Waals surface area contributed by atoms with E-state index < -0.39 is 375 Å². The third-order valence-corrected chi connectivity index (χ3v) is 16.1. The van der Waals surface area contributed by atoms with Crippen molar-refractivity contribution in [2.45, 2.75) is 13.8 Å². The van der Waals surface area contributed by atoms with Gasteiger partial charge in [-0.2, -0.15) is 10.5 Å². The molecule has 0 aliphatic carbocycles. The summed E-state index contributed by atoms with van der Waals surface area (Å²) < 4.78 is 356. The molecule has 0 saturated heterocycles. The van der Waals surface area contributed by atoms with E-state index >= 15 is 0 Å². The van der Waals surface area contributed by atoms with E-state index in [1.165, 1.54) is 6.92 Å². The number of aromatic nitrogens is 4. The van der Waals surface area contributed by atoms with Crippen molar-refractivity contribution >= 4 is 150 Å². The number of rotatable bonds is 4. The Kier molecular flexibility index (Phi) is 4.23. The minimum atomic E-state index is -3.57. The van der Waals surface area contributed by atoms with Gasteiger partial charge in [-0.05, 0) is 74.2 Å². The van der Waals surface area contributed by atoms with E-state index in [-0.39, 0.29) is 10.3 Å². The van der Waals surface area contributed by atoms with Crippen molar-refractivity contribution in [2.24, 2.45) is 0 Å². The lowest BCUT2D eigenvalue weighted by molar-refractivity contribution is 1.03. The predicted molar refractivity (Wildman–Crippen MR) is 328 cm³/mol. The molecule has 362 valence electrons. The maximum absolute atomic E-state index is 13.5. The van der Waals surface area contributed by atoms with Gasteiger partial charge in [0, 0.05) is 78.1 Å². The van der Waals surface area contributed by atoms with Gasteiger partial charge in [0.25, 0.3) is 0 Å². The number of thiophene rings is 2. The topological polar surface area (TPSA) is 67.3 Å². The molecule has 78 heavy (non-hydrogen) atoms. The Hall–Kier alpha value is -9.96. The zero-order chi connectivity index (χ0) is 83.7. The second-order valence-electron chi connectivity index (χ2n) is 17.8. The fourth-order valence-electron chi connectivity index (χ4n) is 10.9. The minimum Gasteiger partial charge on any atom is -0.306 e. The van der Waals surface area contributed by atoms with Gasteiger partial charge >= 0.3 is 0 Å². The molecule has 6 heterocycles. The van der Waals surface area contributed by atoms with E-state index in [9.17, 15) is 51.6 Å². The molecule has 0 atom stereocenters. The molecule has 0 radical (unpaired) electrons. The molecule has 11 aromatic carbocycles. The number of hydrogen-bond acceptors (Lipinski definition) is 4. The highest BCUT2D eigenvalue weighted by atomic mass is 32.1. The van der Waals surface area contributed by atoms with Crippen LogP contribution in [0.25, 0.3) is 150 Å². The van der Waals surface area contributed by atoms with Gasteiger partial charge in [0.2, 0.25) is 0 Å². The van der Waals surface area contributed by atoms with E-state index in [1.807, 2.05) is 0 Å². The second-order valence-corrected chi connectivity index (χ2v) is 19.8. The Morgan fingerprint density at radius 3 is 1.09 bits per heavy atom. The van der Waals surface area contributed by atoms with Crippen LogP contribution in [0.2, 0.25) is 0 Å². The Morgan fingerprint density at radius 2 is 0.679 bits per heavy atom. The summed E-state index contributed by atoms with van der Waals surface area (Å²) >= 11 is 0.917. The van der Waals surface area contributed by atoms with E-state index in [1.54, 1.807) is 0 Å². The molecule has 0 spiro atoms. The monoisotopic (exact) mass is 1070 g/mol. The fraction of sp³-hybridized carbons (Fsp3) is 0.0286. The number of nitrogens with zero attached hydrogens (tertiary/aromatic N) is 6. The molecule has 0 unspecified atom stereocenters. The summed E-state index contributed by atoms with van der Waals surface area (Å²) in [6.07, 6.45) is 0. The van der Waals surface area contributed by atoms with E-state index in [0.29, 0.717) is 36.4 Å². The average Bonchev–Trinajstić information content (AvgIpc) is 1.52. The van der Waals surface area contributed by atoms with Crippen LogP contribution in [0.4, 0.5) is 0 Å². The lowest BCUT2D eigenvalue weighted by atomic mass is 9.98.